The summed E-state index contributed by atoms with van der Waals surface area (Å²) >= 11 is 0. The molecule has 9 heteroatoms. The quantitative estimate of drug-likeness (QED) is 0.898. The minimum absolute atomic E-state index is 0.0590. The Morgan fingerprint density at radius 2 is 2.25 bits per heavy atom. The van der Waals surface area contributed by atoms with Gasteiger partial charge in [0.2, 0.25) is 0 Å². The smallest absolute Gasteiger partial charge is 0.387 e. The van der Waals surface area contributed by atoms with Crippen LogP contribution in [-0.2, 0) is 0 Å². The number of alkyl halides is 2. The molecule has 3 rings (SSSR count). The number of nitrogens with zero attached hydrogens (tertiary/aromatic N) is 3. The van der Waals surface area contributed by atoms with Crippen molar-refractivity contribution in [2.75, 3.05) is 11.9 Å². The highest BCUT2D eigenvalue weighted by molar-refractivity contribution is 5.88. The van der Waals surface area contributed by atoms with Crippen molar-refractivity contribution in [2.24, 2.45) is 0 Å². The van der Waals surface area contributed by atoms with Gasteiger partial charge in [0.05, 0.1) is 17.9 Å². The van der Waals surface area contributed by atoms with Crippen molar-refractivity contribution >= 4 is 11.8 Å². The van der Waals surface area contributed by atoms with Gasteiger partial charge in [-0.2, -0.15) is 13.9 Å². The van der Waals surface area contributed by atoms with Crippen LogP contribution in [0, 0.1) is 0 Å². The minimum atomic E-state index is -2.91. The number of aromatic nitrogens is 3. The zero-order valence-electron chi connectivity index (χ0n) is 12.8. The molecule has 0 bridgehead atoms. The predicted octanol–water partition coefficient (Wildman–Crippen LogP) is 3.17. The summed E-state index contributed by atoms with van der Waals surface area (Å²) in [5.74, 6) is 0.215. The van der Waals surface area contributed by atoms with Crippen LogP contribution < -0.4 is 10.1 Å². The van der Waals surface area contributed by atoms with E-state index in [1.165, 1.54) is 12.1 Å². The first-order valence-electron chi connectivity index (χ1n) is 7.61. The lowest BCUT2D eigenvalue weighted by Gasteiger charge is -2.34. The molecular weight excluding hydrogens is 320 g/mol. The minimum Gasteiger partial charge on any atom is -0.433 e. The van der Waals surface area contributed by atoms with Crippen LogP contribution in [0.15, 0.2) is 30.6 Å². The van der Waals surface area contributed by atoms with E-state index in [9.17, 15) is 13.6 Å². The largest absolute Gasteiger partial charge is 0.433 e. The maximum Gasteiger partial charge on any atom is 0.387 e. The Bertz CT molecular complexity index is 663. The van der Waals surface area contributed by atoms with Gasteiger partial charge in [0, 0.05) is 12.7 Å². The van der Waals surface area contributed by atoms with E-state index in [-0.39, 0.29) is 23.6 Å². The topological polar surface area (TPSA) is 83.1 Å². The maximum atomic E-state index is 12.5. The van der Waals surface area contributed by atoms with Crippen LogP contribution in [-0.4, -0.2) is 39.3 Å². The number of nitrogens with one attached hydrogen (secondary N) is 2. The summed E-state index contributed by atoms with van der Waals surface area (Å²) in [6, 6.07) is 4.25. The number of aromatic amines is 1. The molecule has 0 radical (unpaired) electrons. The van der Waals surface area contributed by atoms with Gasteiger partial charge in [-0.15, -0.1) is 0 Å². The normalized spacial score (nSPS) is 17.8. The fraction of sp³-hybridized carbons (Fsp3) is 0.400. The number of hydrogen-bond acceptors (Lipinski definition) is 4. The third kappa shape index (κ3) is 3.79. The summed E-state index contributed by atoms with van der Waals surface area (Å²) in [4.78, 5) is 18.2. The van der Waals surface area contributed by atoms with Gasteiger partial charge in [0.15, 0.2) is 0 Å². The van der Waals surface area contributed by atoms with Gasteiger partial charge in [-0.1, -0.05) is 0 Å². The zero-order chi connectivity index (χ0) is 16.9. The van der Waals surface area contributed by atoms with E-state index in [1.54, 1.807) is 11.1 Å². The lowest BCUT2D eigenvalue weighted by molar-refractivity contribution is -0.0500. The van der Waals surface area contributed by atoms with Gasteiger partial charge in [-0.3, -0.25) is 10.4 Å². The number of ether oxygens (including phenoxy) is 1. The number of urea groups is 1. The Labute approximate surface area is 137 Å². The van der Waals surface area contributed by atoms with Gasteiger partial charge in [-0.05, 0) is 37.5 Å². The molecule has 2 aromatic rings. The van der Waals surface area contributed by atoms with E-state index in [4.69, 9.17) is 0 Å². The van der Waals surface area contributed by atoms with E-state index in [2.05, 4.69) is 25.2 Å². The molecule has 2 aromatic heterocycles. The van der Waals surface area contributed by atoms with E-state index < -0.39 is 6.61 Å². The number of rotatable bonds is 4. The van der Waals surface area contributed by atoms with E-state index in [1.807, 2.05) is 6.07 Å². The number of hydrogen-bond donors (Lipinski definition) is 2. The zero-order valence-corrected chi connectivity index (χ0v) is 12.8. The molecule has 1 fully saturated rings. The summed E-state index contributed by atoms with van der Waals surface area (Å²) in [6.07, 6.45) is 5.61. The molecule has 24 heavy (non-hydrogen) atoms. The number of piperidine rings is 1. The molecule has 1 atom stereocenters. The molecular formula is C15H17F2N5O2. The molecule has 7 nitrogen and oxygen atoms in total. The highest BCUT2D eigenvalue weighted by atomic mass is 19.3. The second-order valence-electron chi connectivity index (χ2n) is 5.40. The third-order valence-electron chi connectivity index (χ3n) is 3.84. The first kappa shape index (κ1) is 16.2. The molecule has 128 valence electrons. The summed E-state index contributed by atoms with van der Waals surface area (Å²) in [6.45, 7) is -2.28. The highest BCUT2D eigenvalue weighted by Crippen LogP contribution is 2.30. The molecule has 1 aliphatic heterocycles. The Hall–Kier alpha value is -2.71. The molecule has 0 saturated carbocycles. The van der Waals surface area contributed by atoms with Crippen LogP contribution in [0.5, 0.6) is 5.75 Å². The average molecular weight is 337 g/mol. The summed E-state index contributed by atoms with van der Waals surface area (Å²) in [7, 11) is 0. The summed E-state index contributed by atoms with van der Waals surface area (Å²) < 4.78 is 28.5. The lowest BCUT2D eigenvalue weighted by Crippen LogP contribution is -2.41. The Kier molecular flexibility index (Phi) is 4.88. The molecule has 2 N–H and O–H groups in total. The van der Waals surface area contributed by atoms with E-state index in [0.717, 1.165) is 31.2 Å². The molecule has 0 unspecified atom stereocenters. The van der Waals surface area contributed by atoms with Crippen molar-refractivity contribution in [3.05, 3.63) is 36.3 Å². The molecule has 3 heterocycles. The first-order valence-corrected chi connectivity index (χ1v) is 7.61. The van der Waals surface area contributed by atoms with Crippen molar-refractivity contribution in [1.82, 2.24) is 20.1 Å². The highest BCUT2D eigenvalue weighted by Gasteiger charge is 2.29. The number of pyridine rings is 1. The van der Waals surface area contributed by atoms with Crippen LogP contribution in [0.1, 0.15) is 31.0 Å². The number of anilines is 1. The van der Waals surface area contributed by atoms with Crippen LogP contribution in [0.2, 0.25) is 0 Å². The van der Waals surface area contributed by atoms with Gasteiger partial charge in [0.25, 0.3) is 0 Å². The Balaban J connectivity index is 1.66. The number of carbonyl (C=O) groups is 1. The van der Waals surface area contributed by atoms with Gasteiger partial charge in [0.1, 0.15) is 11.6 Å². The van der Waals surface area contributed by atoms with Crippen LogP contribution in [0.25, 0.3) is 0 Å². The Morgan fingerprint density at radius 1 is 1.38 bits per heavy atom. The number of likely N-dealkylation sites (tertiary alicyclic amines) is 1. The van der Waals surface area contributed by atoms with Crippen molar-refractivity contribution in [1.29, 1.82) is 0 Å². The molecule has 0 aromatic carbocycles. The lowest BCUT2D eigenvalue weighted by atomic mass is 10.00. The average Bonchev–Trinajstić information content (AvgIpc) is 3.10. The summed E-state index contributed by atoms with van der Waals surface area (Å²) in [5, 5.41) is 9.53. The number of H-pyrrole nitrogens is 1. The van der Waals surface area contributed by atoms with E-state index >= 15 is 0 Å². The number of carbonyl (C=O) groups excluding carboxylic acids is 1. The van der Waals surface area contributed by atoms with Crippen molar-refractivity contribution in [3.8, 4) is 5.75 Å². The van der Waals surface area contributed by atoms with Crippen molar-refractivity contribution < 1.29 is 18.3 Å². The van der Waals surface area contributed by atoms with E-state index in [0.29, 0.717) is 6.54 Å². The molecule has 0 aliphatic carbocycles. The molecule has 1 aliphatic rings. The van der Waals surface area contributed by atoms with Crippen molar-refractivity contribution in [2.45, 2.75) is 31.9 Å². The molecule has 2 amide bonds. The first-order chi connectivity index (χ1) is 11.6. The van der Waals surface area contributed by atoms with Crippen LogP contribution in [0.3, 0.4) is 0 Å². The fourth-order valence-electron chi connectivity index (χ4n) is 2.76. The van der Waals surface area contributed by atoms with Gasteiger partial charge >= 0.3 is 12.6 Å². The standard InChI is InChI=1S/C15H17F2N5O2/c16-14(17)24-10-4-5-13(18-9-10)20-15(23)22-8-2-1-3-12(22)11-6-7-19-21-11/h4-7,9,12,14H,1-3,8H2,(H,19,21)(H,18,20,23)/t12-/m0/s1. The fourth-order valence-corrected chi connectivity index (χ4v) is 2.76. The second kappa shape index (κ2) is 7.24. The summed E-state index contributed by atoms with van der Waals surface area (Å²) in [5.41, 5.74) is 0.887. The third-order valence-corrected chi connectivity index (χ3v) is 3.84. The predicted molar refractivity (Wildman–Crippen MR) is 81.8 cm³/mol. The van der Waals surface area contributed by atoms with Crippen LogP contribution in [0.4, 0.5) is 19.4 Å². The SMILES string of the molecule is O=C(Nc1ccc(OC(F)F)cn1)N1CCCC[C@H]1c1ccn[nH]1. The number of amides is 2. The second-order valence-corrected chi connectivity index (χ2v) is 5.40. The Morgan fingerprint density at radius 3 is 2.92 bits per heavy atom. The van der Waals surface area contributed by atoms with Crippen molar-refractivity contribution in [3.63, 3.8) is 0 Å². The maximum absolute atomic E-state index is 12.5. The van der Waals surface area contributed by atoms with Gasteiger partial charge in [-0.25, -0.2) is 9.78 Å². The number of halogens is 2. The molecule has 1 saturated heterocycles. The van der Waals surface area contributed by atoms with Crippen LogP contribution >= 0.6 is 0 Å². The van der Waals surface area contributed by atoms with Gasteiger partial charge < -0.3 is 9.64 Å². The molecule has 0 spiro atoms. The monoisotopic (exact) mass is 337 g/mol.